The fraction of sp³-hybridized carbons (Fsp3) is 0.143. The van der Waals surface area contributed by atoms with E-state index >= 15 is 0 Å². The van der Waals surface area contributed by atoms with Gasteiger partial charge >= 0.3 is 5.97 Å². The molecule has 0 aliphatic heterocycles. The van der Waals surface area contributed by atoms with Gasteiger partial charge in [-0.05, 0) is 31.2 Å². The Bertz CT molecular complexity index is 832. The maximum atomic E-state index is 11.0. The van der Waals surface area contributed by atoms with Gasteiger partial charge in [-0.1, -0.05) is 11.6 Å². The van der Waals surface area contributed by atoms with E-state index in [-0.39, 0.29) is 5.69 Å². The molecule has 0 spiro atoms. The Balaban J connectivity index is 2.23. The van der Waals surface area contributed by atoms with E-state index in [1.165, 1.54) is 10.7 Å². The molecule has 2 heterocycles. The Morgan fingerprint density at radius 3 is 2.75 bits per heavy atom. The zero-order valence-corrected chi connectivity index (χ0v) is 11.7. The highest BCUT2D eigenvalue weighted by Crippen LogP contribution is 2.32. The summed E-state index contributed by atoms with van der Waals surface area (Å²) in [6.45, 7) is 1.97. The monoisotopic (exact) mass is 289 g/mol. The van der Waals surface area contributed by atoms with Crippen molar-refractivity contribution in [1.29, 1.82) is 0 Å². The van der Waals surface area contributed by atoms with E-state index in [9.17, 15) is 4.79 Å². The summed E-state index contributed by atoms with van der Waals surface area (Å²) in [5, 5.41) is 14.6. The van der Waals surface area contributed by atoms with E-state index in [1.807, 2.05) is 25.1 Å². The van der Waals surface area contributed by atoms with Crippen LogP contribution < -0.4 is 0 Å². The lowest BCUT2D eigenvalue weighted by Gasteiger charge is -2.05. The summed E-state index contributed by atoms with van der Waals surface area (Å²) in [6, 6.07) is 7.30. The molecule has 6 heteroatoms. The van der Waals surface area contributed by atoms with Crippen LogP contribution >= 0.6 is 11.6 Å². The van der Waals surface area contributed by atoms with Gasteiger partial charge in [-0.25, -0.2) is 4.79 Å². The molecule has 0 unspecified atom stereocenters. The molecule has 0 radical (unpaired) electrons. The molecule has 20 heavy (non-hydrogen) atoms. The summed E-state index contributed by atoms with van der Waals surface area (Å²) in [5.74, 6) is -1.06. The molecule has 102 valence electrons. The largest absolute Gasteiger partial charge is 0.476 e. The smallest absolute Gasteiger partial charge is 0.356 e. The predicted octanol–water partition coefficient (Wildman–Crippen LogP) is 3.23. The fourth-order valence-corrected chi connectivity index (χ4v) is 2.59. The van der Waals surface area contributed by atoms with Gasteiger partial charge in [-0.3, -0.25) is 4.68 Å². The van der Waals surface area contributed by atoms with Crippen LogP contribution in [0.1, 0.15) is 16.2 Å². The third kappa shape index (κ3) is 1.96. The molecule has 0 saturated carbocycles. The van der Waals surface area contributed by atoms with Gasteiger partial charge in [0.25, 0.3) is 0 Å². The van der Waals surface area contributed by atoms with E-state index in [1.54, 1.807) is 7.05 Å². The first-order chi connectivity index (χ1) is 9.45. The summed E-state index contributed by atoms with van der Waals surface area (Å²) < 4.78 is 1.52. The molecule has 0 bridgehead atoms. The maximum Gasteiger partial charge on any atom is 0.356 e. The van der Waals surface area contributed by atoms with Gasteiger partial charge in [0.05, 0.1) is 10.7 Å². The van der Waals surface area contributed by atoms with Gasteiger partial charge in [0.15, 0.2) is 5.69 Å². The zero-order valence-electron chi connectivity index (χ0n) is 10.9. The summed E-state index contributed by atoms with van der Waals surface area (Å²) in [7, 11) is 1.70. The van der Waals surface area contributed by atoms with E-state index < -0.39 is 5.97 Å². The Labute approximate surface area is 119 Å². The molecule has 1 aromatic carbocycles. The number of aromatic amines is 1. The van der Waals surface area contributed by atoms with Crippen molar-refractivity contribution in [1.82, 2.24) is 14.8 Å². The van der Waals surface area contributed by atoms with Gasteiger partial charge in [0.2, 0.25) is 0 Å². The zero-order chi connectivity index (χ0) is 14.4. The van der Waals surface area contributed by atoms with E-state index in [0.29, 0.717) is 10.7 Å². The summed E-state index contributed by atoms with van der Waals surface area (Å²) in [6.07, 6.45) is 0. The Morgan fingerprint density at radius 2 is 2.10 bits per heavy atom. The van der Waals surface area contributed by atoms with Gasteiger partial charge in [0, 0.05) is 29.2 Å². The first-order valence-corrected chi connectivity index (χ1v) is 6.40. The number of hydrogen-bond acceptors (Lipinski definition) is 2. The van der Waals surface area contributed by atoms with Crippen LogP contribution in [0.2, 0.25) is 5.02 Å². The van der Waals surface area contributed by atoms with Crippen LogP contribution in [0.25, 0.3) is 22.2 Å². The number of aryl methyl sites for hydroxylation is 2. The van der Waals surface area contributed by atoms with E-state index in [0.717, 1.165) is 22.2 Å². The Hall–Kier alpha value is -2.27. The molecule has 3 rings (SSSR count). The molecule has 2 N–H and O–H groups in total. The third-order valence-corrected chi connectivity index (χ3v) is 3.53. The normalized spacial score (nSPS) is 11.2. The lowest BCUT2D eigenvalue weighted by Crippen LogP contribution is -1.99. The second-order valence-electron chi connectivity index (χ2n) is 4.72. The topological polar surface area (TPSA) is 70.9 Å². The first-order valence-electron chi connectivity index (χ1n) is 6.02. The van der Waals surface area contributed by atoms with Crippen molar-refractivity contribution in [2.24, 2.45) is 7.05 Å². The molecular weight excluding hydrogens is 278 g/mol. The van der Waals surface area contributed by atoms with Crippen LogP contribution in [0, 0.1) is 6.92 Å². The molecule has 3 aromatic rings. The quantitative estimate of drug-likeness (QED) is 0.761. The molecular formula is C14H12ClN3O2. The summed E-state index contributed by atoms with van der Waals surface area (Å²) in [4.78, 5) is 14.2. The van der Waals surface area contributed by atoms with Crippen molar-refractivity contribution < 1.29 is 9.90 Å². The number of benzene rings is 1. The minimum absolute atomic E-state index is 0.00123. The predicted molar refractivity (Wildman–Crippen MR) is 77.2 cm³/mol. The number of fused-ring (bicyclic) bond motifs is 1. The van der Waals surface area contributed by atoms with Gasteiger partial charge < -0.3 is 10.1 Å². The van der Waals surface area contributed by atoms with Crippen molar-refractivity contribution in [2.75, 3.05) is 0 Å². The highest BCUT2D eigenvalue weighted by Gasteiger charge is 2.15. The number of carboxylic acid groups (broad SMARTS) is 1. The Kier molecular flexibility index (Phi) is 2.79. The Morgan fingerprint density at radius 1 is 1.35 bits per heavy atom. The van der Waals surface area contributed by atoms with Gasteiger partial charge in [-0.15, -0.1) is 0 Å². The SMILES string of the molecule is Cc1cc2cc(Cl)c(-c3cc(C(=O)O)nn3C)cc2[nH]1. The van der Waals surface area contributed by atoms with Gasteiger partial charge in [0.1, 0.15) is 0 Å². The minimum atomic E-state index is -1.06. The lowest BCUT2D eigenvalue weighted by atomic mass is 10.1. The van der Waals surface area contributed by atoms with Crippen molar-refractivity contribution in [3.8, 4) is 11.3 Å². The van der Waals surface area contributed by atoms with Crippen molar-refractivity contribution in [3.05, 3.63) is 40.7 Å². The fourth-order valence-electron chi connectivity index (χ4n) is 2.32. The minimum Gasteiger partial charge on any atom is -0.476 e. The number of halogens is 1. The van der Waals surface area contributed by atoms with Gasteiger partial charge in [-0.2, -0.15) is 5.10 Å². The second kappa shape index (κ2) is 4.38. The number of H-pyrrole nitrogens is 1. The highest BCUT2D eigenvalue weighted by atomic mass is 35.5. The van der Waals surface area contributed by atoms with Crippen molar-refractivity contribution in [3.63, 3.8) is 0 Å². The number of hydrogen-bond donors (Lipinski definition) is 2. The number of nitrogens with zero attached hydrogens (tertiary/aromatic N) is 2. The summed E-state index contributed by atoms with van der Waals surface area (Å²) in [5.41, 5.74) is 3.43. The number of rotatable bonds is 2. The average molecular weight is 290 g/mol. The number of aromatic carboxylic acids is 1. The molecule has 0 fully saturated rings. The van der Waals surface area contributed by atoms with Crippen molar-refractivity contribution in [2.45, 2.75) is 6.92 Å². The molecule has 0 amide bonds. The number of carbonyl (C=O) groups is 1. The lowest BCUT2D eigenvalue weighted by molar-refractivity contribution is 0.0689. The second-order valence-corrected chi connectivity index (χ2v) is 5.12. The van der Waals surface area contributed by atoms with E-state index in [2.05, 4.69) is 10.1 Å². The van der Waals surface area contributed by atoms with Crippen LogP contribution in [0.4, 0.5) is 0 Å². The standard InChI is InChI=1S/C14H12ClN3O2/c1-7-3-8-4-10(15)9(5-11(8)16-7)13-6-12(14(19)20)17-18(13)2/h3-6,16H,1-2H3,(H,19,20). The molecule has 0 atom stereocenters. The molecule has 2 aromatic heterocycles. The number of aromatic nitrogens is 3. The molecule has 0 aliphatic rings. The average Bonchev–Trinajstić information content (AvgIpc) is 2.90. The third-order valence-electron chi connectivity index (χ3n) is 3.22. The molecule has 0 saturated heterocycles. The van der Waals surface area contributed by atoms with Crippen LogP contribution in [-0.4, -0.2) is 25.8 Å². The van der Waals surface area contributed by atoms with Crippen LogP contribution in [0.3, 0.4) is 0 Å². The molecule has 0 aliphatic carbocycles. The van der Waals surface area contributed by atoms with Crippen LogP contribution in [-0.2, 0) is 7.05 Å². The van der Waals surface area contributed by atoms with Crippen molar-refractivity contribution >= 4 is 28.5 Å². The van der Waals surface area contributed by atoms with Crippen LogP contribution in [0.15, 0.2) is 24.3 Å². The first kappa shape index (κ1) is 12.7. The molecule has 5 nitrogen and oxygen atoms in total. The van der Waals surface area contributed by atoms with E-state index in [4.69, 9.17) is 16.7 Å². The van der Waals surface area contributed by atoms with Crippen LogP contribution in [0.5, 0.6) is 0 Å². The highest BCUT2D eigenvalue weighted by molar-refractivity contribution is 6.34. The maximum absolute atomic E-state index is 11.0. The number of carboxylic acids is 1. The number of nitrogens with one attached hydrogen (secondary N) is 1. The summed E-state index contributed by atoms with van der Waals surface area (Å²) >= 11 is 6.31.